The van der Waals surface area contributed by atoms with Gasteiger partial charge in [0.1, 0.15) is 11.5 Å². The van der Waals surface area contributed by atoms with Gasteiger partial charge in [-0.3, -0.25) is 4.90 Å². The highest BCUT2D eigenvalue weighted by Crippen LogP contribution is 2.22. The van der Waals surface area contributed by atoms with Crippen LogP contribution in [0.5, 0.6) is 0 Å². The SMILES string of the molecule is CCCNCc1cc(CN(C)Cc2cc(Br)cs2)c(C)o1. The Morgan fingerprint density at radius 2 is 2.14 bits per heavy atom. The molecule has 2 heterocycles. The summed E-state index contributed by atoms with van der Waals surface area (Å²) in [5, 5.41) is 5.51. The van der Waals surface area contributed by atoms with Gasteiger partial charge in [-0.15, -0.1) is 11.3 Å². The molecule has 2 rings (SSSR count). The maximum absolute atomic E-state index is 5.82. The minimum absolute atomic E-state index is 0.816. The van der Waals surface area contributed by atoms with Crippen molar-refractivity contribution in [2.75, 3.05) is 13.6 Å². The molecule has 0 aliphatic carbocycles. The van der Waals surface area contributed by atoms with Crippen LogP contribution < -0.4 is 5.32 Å². The average Bonchev–Trinajstić information content (AvgIpc) is 2.97. The molecule has 0 atom stereocenters. The van der Waals surface area contributed by atoms with E-state index in [4.69, 9.17) is 4.42 Å². The van der Waals surface area contributed by atoms with Gasteiger partial charge in [0.2, 0.25) is 0 Å². The van der Waals surface area contributed by atoms with Gasteiger partial charge >= 0.3 is 0 Å². The predicted octanol–water partition coefficient (Wildman–Crippen LogP) is 4.54. The molecule has 1 N–H and O–H groups in total. The van der Waals surface area contributed by atoms with Crippen LogP contribution in [-0.2, 0) is 19.6 Å². The maximum Gasteiger partial charge on any atom is 0.118 e. The summed E-state index contributed by atoms with van der Waals surface area (Å²) in [7, 11) is 2.15. The summed E-state index contributed by atoms with van der Waals surface area (Å²) >= 11 is 5.29. The summed E-state index contributed by atoms with van der Waals surface area (Å²) in [6, 6.07) is 4.36. The molecule has 0 aliphatic rings. The van der Waals surface area contributed by atoms with Crippen LogP contribution in [0.3, 0.4) is 0 Å². The first-order chi connectivity index (χ1) is 10.1. The van der Waals surface area contributed by atoms with E-state index in [1.165, 1.54) is 14.9 Å². The van der Waals surface area contributed by atoms with Crippen LogP contribution in [0, 0.1) is 6.92 Å². The number of halogens is 1. The topological polar surface area (TPSA) is 28.4 Å². The van der Waals surface area contributed by atoms with Gasteiger partial charge in [-0.2, -0.15) is 0 Å². The normalized spacial score (nSPS) is 11.5. The molecule has 21 heavy (non-hydrogen) atoms. The Labute approximate surface area is 139 Å². The molecule has 3 nitrogen and oxygen atoms in total. The van der Waals surface area contributed by atoms with E-state index in [1.807, 2.05) is 6.92 Å². The van der Waals surface area contributed by atoms with Crippen LogP contribution in [0.4, 0.5) is 0 Å². The molecule has 2 aromatic heterocycles. The summed E-state index contributed by atoms with van der Waals surface area (Å²) < 4.78 is 6.99. The minimum Gasteiger partial charge on any atom is -0.465 e. The molecular weight excluding hydrogens is 348 g/mol. The first-order valence-corrected chi connectivity index (χ1v) is 8.96. The van der Waals surface area contributed by atoms with Crippen molar-refractivity contribution >= 4 is 27.3 Å². The van der Waals surface area contributed by atoms with E-state index >= 15 is 0 Å². The third-order valence-corrected chi connectivity index (χ3v) is 4.97. The lowest BCUT2D eigenvalue weighted by Gasteiger charge is -2.14. The number of furan rings is 1. The van der Waals surface area contributed by atoms with Crippen LogP contribution in [0.2, 0.25) is 0 Å². The van der Waals surface area contributed by atoms with Crippen molar-refractivity contribution in [3.63, 3.8) is 0 Å². The van der Waals surface area contributed by atoms with Crippen molar-refractivity contribution in [2.24, 2.45) is 0 Å². The zero-order valence-electron chi connectivity index (χ0n) is 12.9. The number of rotatable bonds is 8. The van der Waals surface area contributed by atoms with E-state index in [1.54, 1.807) is 11.3 Å². The van der Waals surface area contributed by atoms with Crippen molar-refractivity contribution in [1.82, 2.24) is 10.2 Å². The van der Waals surface area contributed by atoms with Crippen LogP contribution in [0.15, 0.2) is 26.4 Å². The molecule has 0 radical (unpaired) electrons. The fourth-order valence-electron chi connectivity index (χ4n) is 2.27. The molecule has 5 heteroatoms. The van der Waals surface area contributed by atoms with Gasteiger partial charge in [-0.25, -0.2) is 0 Å². The Morgan fingerprint density at radius 3 is 2.81 bits per heavy atom. The van der Waals surface area contributed by atoms with Crippen molar-refractivity contribution in [1.29, 1.82) is 0 Å². The van der Waals surface area contributed by atoms with E-state index in [0.29, 0.717) is 0 Å². The monoisotopic (exact) mass is 370 g/mol. The van der Waals surface area contributed by atoms with Gasteiger partial charge in [0.15, 0.2) is 0 Å². The number of nitrogens with one attached hydrogen (secondary N) is 1. The molecular formula is C16H23BrN2OS. The van der Waals surface area contributed by atoms with Crippen LogP contribution in [-0.4, -0.2) is 18.5 Å². The van der Waals surface area contributed by atoms with Crippen LogP contribution in [0.25, 0.3) is 0 Å². The lowest BCUT2D eigenvalue weighted by atomic mass is 10.2. The Kier molecular flexibility index (Phi) is 6.48. The fourth-order valence-corrected chi connectivity index (χ4v) is 3.80. The van der Waals surface area contributed by atoms with Crippen LogP contribution in [0.1, 0.15) is 35.3 Å². The average molecular weight is 371 g/mol. The second kappa shape index (κ2) is 8.13. The predicted molar refractivity (Wildman–Crippen MR) is 92.6 cm³/mol. The summed E-state index contributed by atoms with van der Waals surface area (Å²) in [5.41, 5.74) is 1.28. The van der Waals surface area contributed by atoms with E-state index < -0.39 is 0 Å². The molecule has 0 fully saturated rings. The van der Waals surface area contributed by atoms with E-state index in [2.05, 4.69) is 57.6 Å². The standard InChI is InChI=1S/C16H23BrN2OS/c1-4-5-18-8-15-6-13(12(2)20-15)9-19(3)10-16-7-14(17)11-21-16/h6-7,11,18H,4-5,8-10H2,1-3H3. The van der Waals surface area contributed by atoms with E-state index in [-0.39, 0.29) is 0 Å². The van der Waals surface area contributed by atoms with Gasteiger partial charge in [-0.1, -0.05) is 6.92 Å². The van der Waals surface area contributed by atoms with Crippen molar-refractivity contribution in [3.05, 3.63) is 43.9 Å². The number of thiophene rings is 1. The number of hydrogen-bond donors (Lipinski definition) is 1. The molecule has 0 unspecified atom stereocenters. The van der Waals surface area contributed by atoms with Gasteiger partial charge in [0, 0.05) is 33.4 Å². The molecule has 116 valence electrons. The summed E-state index contributed by atoms with van der Waals surface area (Å²) in [4.78, 5) is 3.69. The Bertz CT molecular complexity index is 564. The molecule has 0 aliphatic heterocycles. The highest BCUT2D eigenvalue weighted by atomic mass is 79.9. The molecule has 0 amide bonds. The molecule has 2 aromatic rings. The Hall–Kier alpha value is -0.620. The molecule has 0 bridgehead atoms. The highest BCUT2D eigenvalue weighted by Gasteiger charge is 2.10. The first kappa shape index (κ1) is 16.7. The Morgan fingerprint density at radius 1 is 1.33 bits per heavy atom. The van der Waals surface area contributed by atoms with Gasteiger partial charge in [0.25, 0.3) is 0 Å². The lowest BCUT2D eigenvalue weighted by molar-refractivity contribution is 0.319. The smallest absolute Gasteiger partial charge is 0.118 e. The third kappa shape index (κ3) is 5.25. The van der Waals surface area contributed by atoms with Crippen molar-refractivity contribution in [2.45, 2.75) is 39.9 Å². The molecule has 0 aromatic carbocycles. The van der Waals surface area contributed by atoms with E-state index in [0.717, 1.165) is 44.1 Å². The quantitative estimate of drug-likeness (QED) is 0.691. The second-order valence-electron chi connectivity index (χ2n) is 5.37. The summed E-state index contributed by atoms with van der Waals surface area (Å²) in [6.45, 7) is 7.94. The number of nitrogens with zero attached hydrogens (tertiary/aromatic N) is 1. The van der Waals surface area contributed by atoms with Gasteiger partial charge < -0.3 is 9.73 Å². The molecule has 0 saturated carbocycles. The lowest BCUT2D eigenvalue weighted by Crippen LogP contribution is -2.16. The van der Waals surface area contributed by atoms with Crippen LogP contribution >= 0.6 is 27.3 Å². The fraction of sp³-hybridized carbons (Fsp3) is 0.500. The number of aryl methyl sites for hydroxylation is 1. The maximum atomic E-state index is 5.82. The van der Waals surface area contributed by atoms with Crippen molar-refractivity contribution in [3.8, 4) is 0 Å². The summed E-state index contributed by atoms with van der Waals surface area (Å²) in [5.74, 6) is 2.06. The zero-order valence-corrected chi connectivity index (χ0v) is 15.3. The van der Waals surface area contributed by atoms with Gasteiger partial charge in [0.05, 0.1) is 6.54 Å². The molecule has 0 spiro atoms. The summed E-state index contributed by atoms with van der Waals surface area (Å²) in [6.07, 6.45) is 1.14. The van der Waals surface area contributed by atoms with Gasteiger partial charge in [-0.05, 0) is 55.0 Å². The first-order valence-electron chi connectivity index (χ1n) is 7.28. The number of hydrogen-bond acceptors (Lipinski definition) is 4. The second-order valence-corrected chi connectivity index (χ2v) is 7.29. The molecule has 0 saturated heterocycles. The largest absolute Gasteiger partial charge is 0.465 e. The minimum atomic E-state index is 0.816. The van der Waals surface area contributed by atoms with E-state index in [9.17, 15) is 0 Å². The van der Waals surface area contributed by atoms with Crippen molar-refractivity contribution < 1.29 is 4.42 Å². The Balaban J connectivity index is 1.89. The third-order valence-electron chi connectivity index (χ3n) is 3.29. The highest BCUT2D eigenvalue weighted by molar-refractivity contribution is 9.10. The zero-order chi connectivity index (χ0) is 15.2.